The van der Waals surface area contributed by atoms with Crippen LogP contribution in [0.4, 0.5) is 0 Å². The molecule has 3 aliphatic rings. The lowest BCUT2D eigenvalue weighted by Gasteiger charge is -2.40. The van der Waals surface area contributed by atoms with Crippen molar-refractivity contribution in [2.24, 2.45) is 17.8 Å². The predicted molar refractivity (Wildman–Crippen MR) is 56.8 cm³/mol. The average Bonchev–Trinajstić information content (AvgIpc) is 2.29. The SMILES string of the molecule is C1=CC2COC3C=CC=CC3C2C=C1. The van der Waals surface area contributed by atoms with Gasteiger partial charge in [0.25, 0.3) is 0 Å². The Labute approximate surface area is 84.5 Å². The van der Waals surface area contributed by atoms with Crippen LogP contribution in [0, 0.1) is 17.8 Å². The van der Waals surface area contributed by atoms with Crippen LogP contribution in [0.2, 0.25) is 0 Å². The summed E-state index contributed by atoms with van der Waals surface area (Å²) in [7, 11) is 0. The number of allylic oxidation sites excluding steroid dienone is 5. The van der Waals surface area contributed by atoms with E-state index in [9.17, 15) is 0 Å². The van der Waals surface area contributed by atoms with E-state index in [0.717, 1.165) is 6.61 Å². The van der Waals surface area contributed by atoms with Crippen LogP contribution in [0.15, 0.2) is 48.6 Å². The molecule has 0 N–H and O–H groups in total. The van der Waals surface area contributed by atoms with Gasteiger partial charge >= 0.3 is 0 Å². The first-order valence-electron chi connectivity index (χ1n) is 5.27. The van der Waals surface area contributed by atoms with Crippen LogP contribution in [0.1, 0.15) is 0 Å². The highest BCUT2D eigenvalue weighted by molar-refractivity contribution is 5.24. The average molecular weight is 186 g/mol. The molecular formula is C13H14O. The fourth-order valence-corrected chi connectivity index (χ4v) is 2.59. The van der Waals surface area contributed by atoms with Crippen molar-refractivity contribution in [3.63, 3.8) is 0 Å². The molecule has 0 saturated carbocycles. The minimum absolute atomic E-state index is 0.303. The molecule has 1 aliphatic heterocycles. The van der Waals surface area contributed by atoms with Gasteiger partial charge in [0.05, 0.1) is 12.7 Å². The first kappa shape index (κ1) is 8.25. The zero-order valence-electron chi connectivity index (χ0n) is 8.04. The molecule has 14 heavy (non-hydrogen) atoms. The van der Waals surface area contributed by atoms with Crippen molar-refractivity contribution in [3.8, 4) is 0 Å². The Morgan fingerprint density at radius 3 is 2.43 bits per heavy atom. The summed E-state index contributed by atoms with van der Waals surface area (Å²) in [5, 5.41) is 0. The van der Waals surface area contributed by atoms with Gasteiger partial charge in [0, 0.05) is 11.8 Å². The predicted octanol–water partition coefficient (Wildman–Crippen LogP) is 2.49. The molecule has 0 bridgehead atoms. The fourth-order valence-electron chi connectivity index (χ4n) is 2.59. The minimum atomic E-state index is 0.303. The molecule has 0 aromatic carbocycles. The van der Waals surface area contributed by atoms with Gasteiger partial charge in [-0.25, -0.2) is 0 Å². The largest absolute Gasteiger partial charge is 0.373 e. The van der Waals surface area contributed by atoms with Crippen LogP contribution in [0.25, 0.3) is 0 Å². The summed E-state index contributed by atoms with van der Waals surface area (Å²) < 4.78 is 5.83. The van der Waals surface area contributed by atoms with Gasteiger partial charge in [-0.1, -0.05) is 48.6 Å². The van der Waals surface area contributed by atoms with Crippen LogP contribution < -0.4 is 0 Å². The lowest BCUT2D eigenvalue weighted by molar-refractivity contribution is -0.0261. The monoisotopic (exact) mass is 186 g/mol. The molecule has 1 heteroatoms. The molecule has 1 saturated heterocycles. The van der Waals surface area contributed by atoms with Crippen molar-refractivity contribution in [3.05, 3.63) is 48.6 Å². The summed E-state index contributed by atoms with van der Waals surface area (Å²) in [4.78, 5) is 0. The molecule has 4 unspecified atom stereocenters. The summed E-state index contributed by atoms with van der Waals surface area (Å²) in [5.41, 5.74) is 0. The highest BCUT2D eigenvalue weighted by Gasteiger charge is 2.36. The van der Waals surface area contributed by atoms with Crippen molar-refractivity contribution >= 4 is 0 Å². The van der Waals surface area contributed by atoms with Crippen LogP contribution in [0.5, 0.6) is 0 Å². The van der Waals surface area contributed by atoms with Crippen LogP contribution >= 0.6 is 0 Å². The number of rotatable bonds is 0. The van der Waals surface area contributed by atoms with Gasteiger partial charge in [-0.05, 0) is 5.92 Å². The summed E-state index contributed by atoms with van der Waals surface area (Å²) >= 11 is 0. The maximum atomic E-state index is 5.83. The van der Waals surface area contributed by atoms with E-state index in [-0.39, 0.29) is 0 Å². The van der Waals surface area contributed by atoms with Crippen molar-refractivity contribution < 1.29 is 4.74 Å². The Balaban J connectivity index is 1.90. The third-order valence-electron chi connectivity index (χ3n) is 3.35. The quantitative estimate of drug-likeness (QED) is 0.564. The van der Waals surface area contributed by atoms with Gasteiger partial charge in [-0.2, -0.15) is 0 Å². The normalized spacial score (nSPS) is 43.4. The number of hydrogen-bond acceptors (Lipinski definition) is 1. The van der Waals surface area contributed by atoms with E-state index >= 15 is 0 Å². The maximum absolute atomic E-state index is 5.83. The molecule has 0 aromatic heterocycles. The Morgan fingerprint density at radius 2 is 1.50 bits per heavy atom. The zero-order chi connectivity index (χ0) is 9.38. The molecule has 3 rings (SSSR count). The highest BCUT2D eigenvalue weighted by atomic mass is 16.5. The molecule has 0 aromatic rings. The molecule has 1 fully saturated rings. The summed E-state index contributed by atoms with van der Waals surface area (Å²) in [6.45, 7) is 0.866. The number of hydrogen-bond donors (Lipinski definition) is 0. The first-order valence-corrected chi connectivity index (χ1v) is 5.27. The van der Waals surface area contributed by atoms with E-state index in [1.54, 1.807) is 0 Å². The van der Waals surface area contributed by atoms with E-state index in [1.807, 2.05) is 0 Å². The molecular weight excluding hydrogens is 172 g/mol. The zero-order valence-corrected chi connectivity index (χ0v) is 8.04. The van der Waals surface area contributed by atoms with E-state index < -0.39 is 0 Å². The topological polar surface area (TPSA) is 9.23 Å². The molecule has 4 atom stereocenters. The summed E-state index contributed by atoms with van der Waals surface area (Å²) in [6, 6.07) is 0. The molecule has 2 aliphatic carbocycles. The second-order valence-corrected chi connectivity index (χ2v) is 4.16. The standard InChI is InChI=1S/C13H14O/c1-2-6-11-10(5-1)9-14-13-8-4-3-7-12(11)13/h1-8,10-13H,9H2. The van der Waals surface area contributed by atoms with Crippen molar-refractivity contribution in [2.75, 3.05) is 6.61 Å². The number of ether oxygens (including phenoxy) is 1. The fraction of sp³-hybridized carbons (Fsp3) is 0.385. The Morgan fingerprint density at radius 1 is 0.786 bits per heavy atom. The molecule has 1 nitrogen and oxygen atoms in total. The highest BCUT2D eigenvalue weighted by Crippen LogP contribution is 2.37. The third kappa shape index (κ3) is 1.20. The maximum Gasteiger partial charge on any atom is 0.0827 e. The van der Waals surface area contributed by atoms with Crippen LogP contribution in [-0.4, -0.2) is 12.7 Å². The van der Waals surface area contributed by atoms with Gasteiger partial charge in [0.2, 0.25) is 0 Å². The second kappa shape index (κ2) is 3.25. The molecule has 0 spiro atoms. The van der Waals surface area contributed by atoms with Crippen molar-refractivity contribution in [1.29, 1.82) is 0 Å². The molecule has 72 valence electrons. The number of fused-ring (bicyclic) bond motifs is 3. The van der Waals surface area contributed by atoms with E-state index in [2.05, 4.69) is 48.6 Å². The van der Waals surface area contributed by atoms with Gasteiger partial charge in [-0.3, -0.25) is 0 Å². The second-order valence-electron chi connectivity index (χ2n) is 4.16. The van der Waals surface area contributed by atoms with Crippen LogP contribution in [-0.2, 0) is 4.74 Å². The Kier molecular flexibility index (Phi) is 1.91. The molecule has 1 heterocycles. The lowest BCUT2D eigenvalue weighted by Crippen LogP contribution is -2.40. The minimum Gasteiger partial charge on any atom is -0.373 e. The summed E-state index contributed by atoms with van der Waals surface area (Å²) in [6.07, 6.45) is 17.9. The van der Waals surface area contributed by atoms with E-state index in [1.165, 1.54) is 0 Å². The molecule has 0 radical (unpaired) electrons. The van der Waals surface area contributed by atoms with Gasteiger partial charge in [0.1, 0.15) is 0 Å². The first-order chi connectivity index (χ1) is 6.95. The van der Waals surface area contributed by atoms with Crippen molar-refractivity contribution in [1.82, 2.24) is 0 Å². The van der Waals surface area contributed by atoms with E-state index in [4.69, 9.17) is 4.74 Å². The summed E-state index contributed by atoms with van der Waals surface area (Å²) in [5.74, 6) is 1.76. The van der Waals surface area contributed by atoms with Gasteiger partial charge in [-0.15, -0.1) is 0 Å². The molecule has 0 amide bonds. The van der Waals surface area contributed by atoms with E-state index in [0.29, 0.717) is 23.9 Å². The van der Waals surface area contributed by atoms with Gasteiger partial charge in [0.15, 0.2) is 0 Å². The smallest absolute Gasteiger partial charge is 0.0827 e. The third-order valence-corrected chi connectivity index (χ3v) is 3.35. The van der Waals surface area contributed by atoms with Gasteiger partial charge < -0.3 is 4.74 Å². The lowest BCUT2D eigenvalue weighted by atomic mass is 9.73. The Hall–Kier alpha value is -1.08. The van der Waals surface area contributed by atoms with Crippen molar-refractivity contribution in [2.45, 2.75) is 6.10 Å². The Bertz CT molecular complexity index is 301. The van der Waals surface area contributed by atoms with Crippen LogP contribution in [0.3, 0.4) is 0 Å².